The van der Waals surface area contributed by atoms with Crippen LogP contribution >= 0.6 is 22.6 Å². The molecule has 1 amide bonds. The average Bonchev–Trinajstić information content (AvgIpc) is 2.29. The Morgan fingerprint density at radius 1 is 1.56 bits per heavy atom. The molecule has 1 atom stereocenters. The molecule has 0 fully saturated rings. The van der Waals surface area contributed by atoms with Crippen LogP contribution in [0.3, 0.4) is 0 Å². The van der Waals surface area contributed by atoms with Gasteiger partial charge in [0.15, 0.2) is 6.10 Å². The molecule has 1 unspecified atom stereocenters. The van der Waals surface area contributed by atoms with Crippen LogP contribution in [-0.4, -0.2) is 18.6 Å². The van der Waals surface area contributed by atoms with E-state index < -0.39 is 6.10 Å². The highest BCUT2D eigenvalue weighted by atomic mass is 127. The molecule has 0 saturated heterocycles. The molecule has 0 spiro atoms. The first-order chi connectivity index (χ1) is 7.63. The Kier molecular flexibility index (Phi) is 5.12. The van der Waals surface area contributed by atoms with E-state index in [1.165, 1.54) is 0 Å². The summed E-state index contributed by atoms with van der Waals surface area (Å²) in [5, 5.41) is 2.56. The van der Waals surface area contributed by atoms with Crippen LogP contribution < -0.4 is 10.1 Å². The Labute approximate surface area is 109 Å². The smallest absolute Gasteiger partial charge is 0.261 e. The van der Waals surface area contributed by atoms with Gasteiger partial charge in [0.2, 0.25) is 0 Å². The monoisotopic (exact) mass is 329 g/mol. The van der Waals surface area contributed by atoms with Crippen molar-refractivity contribution in [3.05, 3.63) is 27.8 Å². The minimum atomic E-state index is -0.548. The fraction of sp³-hybridized carbons (Fsp3) is 0.250. The van der Waals surface area contributed by atoms with E-state index in [4.69, 9.17) is 11.2 Å². The summed E-state index contributed by atoms with van der Waals surface area (Å²) >= 11 is 2.20. The van der Waals surface area contributed by atoms with Crippen LogP contribution in [0.15, 0.2) is 24.3 Å². The molecule has 3 nitrogen and oxygen atoms in total. The molecule has 0 saturated carbocycles. The van der Waals surface area contributed by atoms with Gasteiger partial charge in [0.1, 0.15) is 5.75 Å². The van der Waals surface area contributed by atoms with Gasteiger partial charge < -0.3 is 10.1 Å². The van der Waals surface area contributed by atoms with Gasteiger partial charge in [-0.3, -0.25) is 4.79 Å². The van der Waals surface area contributed by atoms with E-state index in [2.05, 4.69) is 33.8 Å². The third-order valence-electron chi connectivity index (χ3n) is 1.86. The predicted octanol–water partition coefficient (Wildman–Crippen LogP) is 1.81. The molecule has 1 aromatic carbocycles. The fourth-order valence-corrected chi connectivity index (χ4v) is 1.41. The Hall–Kier alpha value is -1.22. The van der Waals surface area contributed by atoms with Crippen molar-refractivity contribution in [3.63, 3.8) is 0 Å². The van der Waals surface area contributed by atoms with Crippen molar-refractivity contribution in [2.24, 2.45) is 0 Å². The van der Waals surface area contributed by atoms with E-state index in [1.54, 1.807) is 6.92 Å². The van der Waals surface area contributed by atoms with Gasteiger partial charge in [0.05, 0.1) is 6.54 Å². The lowest BCUT2D eigenvalue weighted by Gasteiger charge is -2.13. The molecule has 0 aromatic heterocycles. The van der Waals surface area contributed by atoms with Gasteiger partial charge in [-0.25, -0.2) is 0 Å². The molecule has 0 aliphatic carbocycles. The number of rotatable bonds is 4. The number of carbonyl (C=O) groups excluding carboxylic acids is 1. The molecule has 0 radical (unpaired) electrons. The van der Waals surface area contributed by atoms with Crippen molar-refractivity contribution in [1.82, 2.24) is 5.32 Å². The summed E-state index contributed by atoms with van der Waals surface area (Å²) in [6.07, 6.45) is 4.49. The quantitative estimate of drug-likeness (QED) is 0.676. The highest BCUT2D eigenvalue weighted by molar-refractivity contribution is 14.1. The maximum absolute atomic E-state index is 11.4. The Morgan fingerprint density at radius 2 is 2.19 bits per heavy atom. The van der Waals surface area contributed by atoms with Crippen LogP contribution in [0, 0.1) is 15.9 Å². The van der Waals surface area contributed by atoms with Crippen LogP contribution in [-0.2, 0) is 4.79 Å². The number of halogens is 1. The average molecular weight is 329 g/mol. The number of ether oxygens (including phenoxy) is 1. The number of terminal acetylenes is 1. The van der Waals surface area contributed by atoms with Gasteiger partial charge in [-0.05, 0) is 53.8 Å². The van der Waals surface area contributed by atoms with E-state index in [1.807, 2.05) is 24.3 Å². The van der Waals surface area contributed by atoms with E-state index in [9.17, 15) is 4.79 Å². The highest BCUT2D eigenvalue weighted by Gasteiger charge is 2.13. The minimum Gasteiger partial charge on any atom is -0.481 e. The first-order valence-electron chi connectivity index (χ1n) is 4.77. The van der Waals surface area contributed by atoms with Crippen molar-refractivity contribution >= 4 is 28.5 Å². The molecule has 4 heteroatoms. The molecular formula is C12H12INO2. The third-order valence-corrected chi connectivity index (χ3v) is 2.58. The normalized spacial score (nSPS) is 11.3. The molecule has 84 valence electrons. The number of amides is 1. The SMILES string of the molecule is C#CCNC(=O)C(C)Oc1ccc(I)cc1. The summed E-state index contributed by atoms with van der Waals surface area (Å²) < 4.78 is 6.56. The number of carbonyl (C=O) groups is 1. The van der Waals surface area contributed by atoms with Gasteiger partial charge in [0.25, 0.3) is 5.91 Å². The van der Waals surface area contributed by atoms with Gasteiger partial charge in [-0.1, -0.05) is 5.92 Å². The summed E-state index contributed by atoms with van der Waals surface area (Å²) in [6.45, 7) is 1.91. The first kappa shape index (κ1) is 12.8. The molecule has 0 heterocycles. The van der Waals surface area contributed by atoms with Crippen LogP contribution in [0.1, 0.15) is 6.92 Å². The fourth-order valence-electron chi connectivity index (χ4n) is 1.05. The van der Waals surface area contributed by atoms with Gasteiger partial charge in [-0.2, -0.15) is 0 Å². The zero-order chi connectivity index (χ0) is 12.0. The largest absolute Gasteiger partial charge is 0.481 e. The molecule has 1 N–H and O–H groups in total. The van der Waals surface area contributed by atoms with Gasteiger partial charge in [-0.15, -0.1) is 6.42 Å². The second-order valence-electron chi connectivity index (χ2n) is 3.14. The zero-order valence-corrected chi connectivity index (χ0v) is 11.0. The zero-order valence-electron chi connectivity index (χ0n) is 8.87. The Bertz CT molecular complexity index is 394. The maximum atomic E-state index is 11.4. The molecular weight excluding hydrogens is 317 g/mol. The standard InChI is InChI=1S/C12H12INO2/c1-3-8-14-12(15)9(2)16-11-6-4-10(13)5-7-11/h1,4-7,9H,8H2,2H3,(H,14,15). The Balaban J connectivity index is 2.51. The van der Waals surface area contributed by atoms with Crippen LogP contribution in [0.4, 0.5) is 0 Å². The molecule has 0 aliphatic rings. The van der Waals surface area contributed by atoms with E-state index >= 15 is 0 Å². The summed E-state index contributed by atoms with van der Waals surface area (Å²) in [6, 6.07) is 7.49. The lowest BCUT2D eigenvalue weighted by molar-refractivity contribution is -0.126. The van der Waals surface area contributed by atoms with Crippen LogP contribution in [0.25, 0.3) is 0 Å². The summed E-state index contributed by atoms with van der Waals surface area (Å²) in [5.41, 5.74) is 0. The molecule has 16 heavy (non-hydrogen) atoms. The lowest BCUT2D eigenvalue weighted by atomic mass is 10.3. The molecule has 0 bridgehead atoms. The van der Waals surface area contributed by atoms with Crippen LogP contribution in [0.5, 0.6) is 5.75 Å². The van der Waals surface area contributed by atoms with Crippen molar-refractivity contribution < 1.29 is 9.53 Å². The topological polar surface area (TPSA) is 38.3 Å². The number of hydrogen-bond donors (Lipinski definition) is 1. The van der Waals surface area contributed by atoms with Gasteiger partial charge >= 0.3 is 0 Å². The first-order valence-corrected chi connectivity index (χ1v) is 5.84. The number of benzene rings is 1. The minimum absolute atomic E-state index is 0.212. The summed E-state index contributed by atoms with van der Waals surface area (Å²) in [5.74, 6) is 2.79. The summed E-state index contributed by atoms with van der Waals surface area (Å²) in [7, 11) is 0. The second kappa shape index (κ2) is 6.38. The summed E-state index contributed by atoms with van der Waals surface area (Å²) in [4.78, 5) is 11.4. The van der Waals surface area contributed by atoms with Crippen molar-refractivity contribution in [2.75, 3.05) is 6.54 Å². The lowest BCUT2D eigenvalue weighted by Crippen LogP contribution is -2.36. The second-order valence-corrected chi connectivity index (χ2v) is 4.38. The van der Waals surface area contributed by atoms with Crippen molar-refractivity contribution in [2.45, 2.75) is 13.0 Å². The van der Waals surface area contributed by atoms with Crippen molar-refractivity contribution in [1.29, 1.82) is 0 Å². The number of nitrogens with one attached hydrogen (secondary N) is 1. The molecule has 1 rings (SSSR count). The van der Waals surface area contributed by atoms with E-state index in [0.717, 1.165) is 3.57 Å². The predicted molar refractivity (Wildman–Crippen MR) is 71.1 cm³/mol. The van der Waals surface area contributed by atoms with Gasteiger partial charge in [0, 0.05) is 3.57 Å². The number of hydrogen-bond acceptors (Lipinski definition) is 2. The van der Waals surface area contributed by atoms with E-state index in [-0.39, 0.29) is 12.5 Å². The maximum Gasteiger partial charge on any atom is 0.261 e. The van der Waals surface area contributed by atoms with Crippen LogP contribution in [0.2, 0.25) is 0 Å². The molecule has 0 aliphatic heterocycles. The van der Waals surface area contributed by atoms with E-state index in [0.29, 0.717) is 5.75 Å². The Morgan fingerprint density at radius 3 is 2.75 bits per heavy atom. The third kappa shape index (κ3) is 4.11. The molecule has 1 aromatic rings. The highest BCUT2D eigenvalue weighted by Crippen LogP contribution is 2.14. The van der Waals surface area contributed by atoms with Crippen molar-refractivity contribution in [3.8, 4) is 18.1 Å².